The molecule has 1 aromatic carbocycles. The zero-order chi connectivity index (χ0) is 26.8. The number of hydrogen-bond donors (Lipinski definition) is 3. The third-order valence-electron chi connectivity index (χ3n) is 4.89. The van der Waals surface area contributed by atoms with Crippen molar-refractivity contribution in [2.45, 2.75) is 44.7 Å². The topological polar surface area (TPSA) is 166 Å². The SMILES string of the molecule is [2H]C([2H])(OP1(=O)OCc2cc(C)cc(C)c2O1)[C@@]1(F)O[C@@]([2H])(n2cc(C=O)c(=O)[nH]c2=O)[C@H](O)[C@@H]1O. The molecule has 2 aromatic rings. The highest BCUT2D eigenvalue weighted by molar-refractivity contribution is 7.49. The van der Waals surface area contributed by atoms with Crippen molar-refractivity contribution in [3.8, 4) is 5.75 Å². The molecule has 14 heteroatoms. The van der Waals surface area contributed by atoms with Gasteiger partial charge in [-0.05, 0) is 19.4 Å². The van der Waals surface area contributed by atoms with Gasteiger partial charge in [-0.25, -0.2) is 13.8 Å². The van der Waals surface area contributed by atoms with Crippen molar-refractivity contribution in [2.24, 2.45) is 0 Å². The normalized spacial score (nSPS) is 35.1. The van der Waals surface area contributed by atoms with E-state index in [1.807, 2.05) is 0 Å². The van der Waals surface area contributed by atoms with E-state index in [-0.39, 0.29) is 23.2 Å². The van der Waals surface area contributed by atoms with Crippen LogP contribution in [0.1, 0.15) is 37.4 Å². The number of aromatic nitrogens is 2. The molecule has 0 saturated carbocycles. The second kappa shape index (κ2) is 8.28. The minimum Gasteiger partial charge on any atom is -0.403 e. The first-order valence-electron chi connectivity index (χ1n) is 10.9. The summed E-state index contributed by atoms with van der Waals surface area (Å²) in [5.74, 6) is -4.10. The van der Waals surface area contributed by atoms with E-state index in [2.05, 4.69) is 0 Å². The van der Waals surface area contributed by atoms with Crippen LogP contribution in [0.5, 0.6) is 5.75 Å². The average Bonchev–Trinajstić information content (AvgIpc) is 2.95. The molecule has 5 atom stereocenters. The lowest BCUT2D eigenvalue weighted by Crippen LogP contribution is -2.43. The maximum absolute atomic E-state index is 15.9. The third-order valence-corrected chi connectivity index (χ3v) is 6.06. The highest BCUT2D eigenvalue weighted by Crippen LogP contribution is 2.56. The van der Waals surface area contributed by atoms with Crippen LogP contribution in [0.4, 0.5) is 4.39 Å². The summed E-state index contributed by atoms with van der Waals surface area (Å²) in [7, 11) is -4.90. The van der Waals surface area contributed by atoms with Crippen molar-refractivity contribution in [3.05, 3.63) is 61.4 Å². The first kappa shape index (κ1) is 19.8. The molecular weight excluding hydrogens is 466 g/mol. The molecular formula is C19H20FN2O10P. The number of hydrogen-bond acceptors (Lipinski definition) is 10. The lowest BCUT2D eigenvalue weighted by molar-refractivity contribution is -0.205. The van der Waals surface area contributed by atoms with Crippen molar-refractivity contribution in [1.29, 1.82) is 0 Å². The molecule has 2 aliphatic heterocycles. The summed E-state index contributed by atoms with van der Waals surface area (Å²) in [6, 6.07) is 3.32. The highest BCUT2D eigenvalue weighted by Gasteiger charge is 2.57. The van der Waals surface area contributed by atoms with Crippen molar-refractivity contribution in [1.82, 2.24) is 9.55 Å². The molecule has 1 unspecified atom stereocenters. The Morgan fingerprint density at radius 1 is 1.45 bits per heavy atom. The van der Waals surface area contributed by atoms with Crippen molar-refractivity contribution < 1.29 is 46.4 Å². The number of ether oxygens (including phenoxy) is 1. The minimum absolute atomic E-state index is 0.00822. The molecule has 4 rings (SSSR count). The number of alkyl halides is 1. The van der Waals surface area contributed by atoms with Gasteiger partial charge in [0, 0.05) is 11.8 Å². The molecule has 1 fully saturated rings. The number of phosphoric ester groups is 1. The summed E-state index contributed by atoms with van der Waals surface area (Å²) in [5.41, 5.74) is -1.56. The Bertz CT molecular complexity index is 1420. The number of aromatic amines is 1. The van der Waals surface area contributed by atoms with Gasteiger partial charge in [0.1, 0.15) is 24.5 Å². The van der Waals surface area contributed by atoms with Crippen LogP contribution in [0.3, 0.4) is 0 Å². The van der Waals surface area contributed by atoms with Gasteiger partial charge in [0.2, 0.25) is 0 Å². The molecule has 0 aliphatic carbocycles. The number of carbonyl (C=O) groups is 1. The maximum atomic E-state index is 15.9. The van der Waals surface area contributed by atoms with Gasteiger partial charge in [0.25, 0.3) is 11.4 Å². The number of aldehydes is 1. The maximum Gasteiger partial charge on any atom is 0.530 e. The number of aryl methyl sites for hydroxylation is 2. The second-order valence-corrected chi connectivity index (χ2v) is 8.90. The lowest BCUT2D eigenvalue weighted by atomic mass is 10.1. The predicted octanol–water partition coefficient (Wildman–Crippen LogP) is 0.616. The lowest BCUT2D eigenvalue weighted by Gasteiger charge is -2.29. The second-order valence-electron chi connectivity index (χ2n) is 7.38. The van der Waals surface area contributed by atoms with Crippen LogP contribution in [0.25, 0.3) is 0 Å². The summed E-state index contributed by atoms with van der Waals surface area (Å²) in [4.78, 5) is 36.6. The Balaban J connectivity index is 1.69. The van der Waals surface area contributed by atoms with E-state index >= 15 is 4.39 Å². The van der Waals surface area contributed by atoms with Crippen LogP contribution in [-0.2, 0) is 25.0 Å². The minimum atomic E-state index is -4.90. The highest BCUT2D eigenvalue weighted by atomic mass is 31.2. The van der Waals surface area contributed by atoms with Crippen molar-refractivity contribution >= 4 is 14.1 Å². The molecule has 0 radical (unpaired) electrons. The molecule has 0 spiro atoms. The summed E-state index contributed by atoms with van der Waals surface area (Å²) in [6.45, 7) is -0.884. The monoisotopic (exact) mass is 489 g/mol. The number of fused-ring (bicyclic) bond motifs is 1. The van der Waals surface area contributed by atoms with Crippen LogP contribution in [0.2, 0.25) is 0 Å². The van der Waals surface area contributed by atoms with Gasteiger partial charge >= 0.3 is 13.5 Å². The van der Waals surface area contributed by atoms with Crippen LogP contribution >= 0.6 is 7.82 Å². The number of benzene rings is 1. The molecule has 33 heavy (non-hydrogen) atoms. The number of halogens is 1. The smallest absolute Gasteiger partial charge is 0.403 e. The molecule has 0 bridgehead atoms. The molecule has 178 valence electrons. The molecule has 1 aromatic heterocycles. The number of H-pyrrole nitrogens is 1. The van der Waals surface area contributed by atoms with Gasteiger partial charge in [-0.2, -0.15) is 0 Å². The Morgan fingerprint density at radius 2 is 2.18 bits per heavy atom. The van der Waals surface area contributed by atoms with Crippen molar-refractivity contribution in [3.63, 3.8) is 0 Å². The molecule has 3 heterocycles. The zero-order valence-electron chi connectivity index (χ0n) is 20.1. The Morgan fingerprint density at radius 3 is 2.88 bits per heavy atom. The number of nitrogens with zero attached hydrogens (tertiary/aromatic N) is 1. The van der Waals surface area contributed by atoms with Gasteiger partial charge in [-0.15, -0.1) is 0 Å². The van der Waals surface area contributed by atoms with Crippen molar-refractivity contribution in [2.75, 3.05) is 6.56 Å². The fraction of sp³-hybridized carbons (Fsp3) is 0.421. The Kier molecular flexibility index (Phi) is 4.96. The zero-order valence-corrected chi connectivity index (χ0v) is 18.0. The van der Waals surface area contributed by atoms with Crippen LogP contribution in [0.15, 0.2) is 27.9 Å². The molecule has 1 saturated heterocycles. The number of carbonyl (C=O) groups excluding carboxylic acids is 1. The number of aliphatic hydroxyl groups excluding tert-OH is 2. The first-order valence-corrected chi connectivity index (χ1v) is 10.8. The number of nitrogens with one attached hydrogen (secondary N) is 1. The van der Waals surface area contributed by atoms with E-state index in [0.717, 1.165) is 5.56 Å². The summed E-state index contributed by atoms with van der Waals surface area (Å²) < 4.78 is 73.1. The van der Waals surface area contributed by atoms with E-state index in [4.69, 9.17) is 22.4 Å². The van der Waals surface area contributed by atoms with Gasteiger partial charge in [-0.3, -0.25) is 28.2 Å². The Labute approximate surface area is 189 Å². The van der Waals surface area contributed by atoms with E-state index in [9.17, 15) is 29.2 Å². The number of phosphoric acid groups is 1. The standard InChI is InChI=1S/C19H20FN2O10P/c1-9-3-10(2)14-11(4-9)7-29-33(28,32-14)30-8-19(20)15(25)13(24)17(31-19)22-5-12(6-23)16(26)21-18(22)27/h3-6,13,15,17,24-25H,7-8H2,1-2H3,(H,21,26,27)/t13-,15+,17-,19-,33?/m1/s1/i8D2,17D. The van der Waals surface area contributed by atoms with Gasteiger partial charge in [-0.1, -0.05) is 17.7 Å². The molecule has 0 amide bonds. The van der Waals surface area contributed by atoms with Crippen LogP contribution < -0.4 is 15.8 Å². The van der Waals surface area contributed by atoms with Gasteiger partial charge in [0.15, 0.2) is 12.5 Å². The fourth-order valence-corrected chi connectivity index (χ4v) is 4.51. The average molecular weight is 489 g/mol. The Hall–Kier alpha value is -2.67. The van der Waals surface area contributed by atoms with E-state index in [1.54, 1.807) is 31.0 Å². The number of rotatable bonds is 5. The number of aliphatic hydroxyl groups is 2. The van der Waals surface area contributed by atoms with Crippen LogP contribution in [-0.4, -0.2) is 50.7 Å². The largest absolute Gasteiger partial charge is 0.530 e. The quantitative estimate of drug-likeness (QED) is 0.400. The fourth-order valence-electron chi connectivity index (χ4n) is 3.35. The van der Waals surface area contributed by atoms with E-state index in [0.29, 0.717) is 17.3 Å². The summed E-state index contributed by atoms with van der Waals surface area (Å²) in [5, 5.41) is 20.7. The summed E-state index contributed by atoms with van der Waals surface area (Å²) >= 11 is 0. The van der Waals surface area contributed by atoms with E-state index in [1.165, 1.54) is 0 Å². The van der Waals surface area contributed by atoms with E-state index < -0.39 is 55.5 Å². The molecule has 3 N–H and O–H groups in total. The molecule has 2 aliphatic rings. The summed E-state index contributed by atoms with van der Waals surface area (Å²) in [6.07, 6.45) is -8.45. The first-order chi connectivity index (χ1) is 16.6. The molecule has 12 nitrogen and oxygen atoms in total. The predicted molar refractivity (Wildman–Crippen MR) is 108 cm³/mol. The third kappa shape index (κ3) is 4.19. The van der Waals surface area contributed by atoms with Gasteiger partial charge in [0.05, 0.1) is 16.3 Å². The van der Waals surface area contributed by atoms with Gasteiger partial charge < -0.3 is 19.5 Å². The van der Waals surface area contributed by atoms with Crippen LogP contribution in [0, 0.1) is 13.8 Å².